The molecule has 2 rings (SSSR count). The number of hydrogen-bond donors (Lipinski definition) is 0. The minimum atomic E-state index is -3.28. The first-order valence-corrected chi connectivity index (χ1v) is 8.63. The number of carbonyl (C=O) groups is 1. The minimum absolute atomic E-state index is 0.0950. The molecular weight excluding hydrogens is 292 g/mol. The van der Waals surface area contributed by atoms with Crippen molar-refractivity contribution in [3.8, 4) is 5.75 Å². The quantitative estimate of drug-likeness (QED) is 0.778. The maximum atomic E-state index is 12.5. The predicted octanol–water partition coefficient (Wildman–Crippen LogP) is 1.99. The van der Waals surface area contributed by atoms with E-state index in [1.54, 1.807) is 18.2 Å². The van der Waals surface area contributed by atoms with E-state index < -0.39 is 9.84 Å². The zero-order chi connectivity index (χ0) is 15.5. The maximum Gasteiger partial charge on any atom is 0.159 e. The third-order valence-electron chi connectivity index (χ3n) is 3.72. The van der Waals surface area contributed by atoms with E-state index in [2.05, 4.69) is 0 Å². The number of benzene rings is 1. The van der Waals surface area contributed by atoms with Crippen LogP contribution in [0.2, 0.25) is 0 Å². The molecule has 1 aromatic rings. The van der Waals surface area contributed by atoms with Gasteiger partial charge >= 0.3 is 0 Å². The number of Topliss-reactive ketones (excluding diaryl/α,β-unsaturated/α-hetero) is 1. The van der Waals surface area contributed by atoms with Gasteiger partial charge in [-0.3, -0.25) is 4.79 Å². The van der Waals surface area contributed by atoms with E-state index in [4.69, 9.17) is 9.47 Å². The standard InChI is InChI=1S/C15H20O5S/c1-11(16)12-3-4-15(19-2)13(9-12)10-21(17,18)14-5-7-20-8-6-14/h3-4,9,14H,5-8,10H2,1-2H3. The lowest BCUT2D eigenvalue weighted by atomic mass is 10.1. The summed E-state index contributed by atoms with van der Waals surface area (Å²) in [7, 11) is -1.79. The SMILES string of the molecule is COc1ccc(C(C)=O)cc1CS(=O)(=O)C1CCOCC1. The van der Waals surface area contributed by atoms with Crippen molar-refractivity contribution < 1.29 is 22.7 Å². The summed E-state index contributed by atoms with van der Waals surface area (Å²) in [6.07, 6.45) is 1.05. The lowest BCUT2D eigenvalue weighted by Crippen LogP contribution is -2.30. The van der Waals surface area contributed by atoms with Gasteiger partial charge in [0.05, 0.1) is 18.1 Å². The van der Waals surface area contributed by atoms with Gasteiger partial charge in [-0.1, -0.05) is 0 Å². The van der Waals surface area contributed by atoms with E-state index >= 15 is 0 Å². The number of ketones is 1. The van der Waals surface area contributed by atoms with Gasteiger partial charge in [0, 0.05) is 24.3 Å². The first-order chi connectivity index (χ1) is 9.94. The Labute approximate surface area is 125 Å². The molecule has 0 saturated carbocycles. The third kappa shape index (κ3) is 3.83. The first-order valence-electron chi connectivity index (χ1n) is 6.91. The topological polar surface area (TPSA) is 69.7 Å². The van der Waals surface area contributed by atoms with Gasteiger partial charge in [0.25, 0.3) is 0 Å². The zero-order valence-corrected chi connectivity index (χ0v) is 13.1. The molecule has 0 bridgehead atoms. The van der Waals surface area contributed by atoms with Crippen LogP contribution in [0, 0.1) is 0 Å². The van der Waals surface area contributed by atoms with Gasteiger partial charge < -0.3 is 9.47 Å². The van der Waals surface area contributed by atoms with Crippen LogP contribution in [-0.2, 0) is 20.3 Å². The van der Waals surface area contributed by atoms with Crippen LogP contribution in [0.25, 0.3) is 0 Å². The monoisotopic (exact) mass is 312 g/mol. The van der Waals surface area contributed by atoms with E-state index in [0.29, 0.717) is 42.9 Å². The lowest BCUT2D eigenvalue weighted by Gasteiger charge is -2.22. The fourth-order valence-corrected chi connectivity index (χ4v) is 4.29. The Hall–Kier alpha value is -1.40. The van der Waals surface area contributed by atoms with Crippen molar-refractivity contribution in [2.45, 2.75) is 30.8 Å². The van der Waals surface area contributed by atoms with Crippen molar-refractivity contribution in [3.63, 3.8) is 0 Å². The molecule has 1 saturated heterocycles. The molecule has 0 aromatic heterocycles. The smallest absolute Gasteiger partial charge is 0.159 e. The molecule has 21 heavy (non-hydrogen) atoms. The van der Waals surface area contributed by atoms with Gasteiger partial charge in [-0.25, -0.2) is 8.42 Å². The summed E-state index contributed by atoms with van der Waals surface area (Å²) in [6, 6.07) is 4.90. The van der Waals surface area contributed by atoms with Crippen LogP contribution in [0.3, 0.4) is 0 Å². The minimum Gasteiger partial charge on any atom is -0.496 e. The summed E-state index contributed by atoms with van der Waals surface area (Å²) in [5, 5.41) is -0.378. The van der Waals surface area contributed by atoms with E-state index in [1.165, 1.54) is 14.0 Å². The largest absolute Gasteiger partial charge is 0.496 e. The molecule has 1 aliphatic rings. The van der Waals surface area contributed by atoms with Crippen LogP contribution in [0.15, 0.2) is 18.2 Å². The molecule has 116 valence electrons. The Morgan fingerprint density at radius 1 is 1.33 bits per heavy atom. The molecule has 0 radical (unpaired) electrons. The Morgan fingerprint density at radius 2 is 2.00 bits per heavy atom. The van der Waals surface area contributed by atoms with Gasteiger partial charge in [-0.05, 0) is 38.0 Å². The van der Waals surface area contributed by atoms with Crippen LogP contribution in [-0.4, -0.2) is 39.8 Å². The number of hydrogen-bond acceptors (Lipinski definition) is 5. The van der Waals surface area contributed by atoms with Crippen molar-refractivity contribution >= 4 is 15.6 Å². The van der Waals surface area contributed by atoms with E-state index in [1.807, 2.05) is 0 Å². The van der Waals surface area contributed by atoms with E-state index in [9.17, 15) is 13.2 Å². The normalized spacial score (nSPS) is 16.7. The second kappa shape index (κ2) is 6.58. The molecule has 0 aliphatic carbocycles. The second-order valence-corrected chi connectivity index (χ2v) is 7.48. The first kappa shape index (κ1) is 16.0. The zero-order valence-electron chi connectivity index (χ0n) is 12.3. The Morgan fingerprint density at radius 3 is 2.57 bits per heavy atom. The van der Waals surface area contributed by atoms with Crippen molar-refractivity contribution in [1.82, 2.24) is 0 Å². The van der Waals surface area contributed by atoms with Crippen LogP contribution >= 0.6 is 0 Å². The summed E-state index contributed by atoms with van der Waals surface area (Å²) >= 11 is 0. The van der Waals surface area contributed by atoms with Gasteiger partial charge in [-0.15, -0.1) is 0 Å². The Kier molecular flexibility index (Phi) is 5.00. The van der Waals surface area contributed by atoms with Gasteiger partial charge in [-0.2, -0.15) is 0 Å². The molecule has 0 amide bonds. The molecule has 1 aromatic carbocycles. The average molecular weight is 312 g/mol. The highest BCUT2D eigenvalue weighted by molar-refractivity contribution is 7.91. The number of ether oxygens (including phenoxy) is 2. The molecule has 5 nitrogen and oxygen atoms in total. The second-order valence-electron chi connectivity index (χ2n) is 5.20. The fraction of sp³-hybridized carbons (Fsp3) is 0.533. The van der Waals surface area contributed by atoms with Crippen molar-refractivity contribution in [2.24, 2.45) is 0 Å². The van der Waals surface area contributed by atoms with Crippen molar-refractivity contribution in [3.05, 3.63) is 29.3 Å². The molecule has 0 spiro atoms. The lowest BCUT2D eigenvalue weighted by molar-refractivity contribution is 0.0983. The summed E-state index contributed by atoms with van der Waals surface area (Å²) in [5.41, 5.74) is 1.03. The summed E-state index contributed by atoms with van der Waals surface area (Å²) in [4.78, 5) is 11.5. The van der Waals surface area contributed by atoms with Gasteiger partial charge in [0.1, 0.15) is 5.75 Å². The summed E-state index contributed by atoms with van der Waals surface area (Å²) < 4.78 is 35.4. The summed E-state index contributed by atoms with van der Waals surface area (Å²) in [5.74, 6) is 0.292. The Bertz CT molecular complexity index is 615. The molecule has 0 unspecified atom stereocenters. The van der Waals surface area contributed by atoms with Crippen LogP contribution in [0.4, 0.5) is 0 Å². The van der Waals surface area contributed by atoms with E-state index in [-0.39, 0.29) is 16.8 Å². The van der Waals surface area contributed by atoms with Gasteiger partial charge in [0.2, 0.25) is 0 Å². The van der Waals surface area contributed by atoms with E-state index in [0.717, 1.165) is 0 Å². The maximum absolute atomic E-state index is 12.5. The van der Waals surface area contributed by atoms with Crippen molar-refractivity contribution in [1.29, 1.82) is 0 Å². The van der Waals surface area contributed by atoms with Crippen LogP contribution in [0.1, 0.15) is 35.7 Å². The highest BCUT2D eigenvalue weighted by atomic mass is 32.2. The van der Waals surface area contributed by atoms with Crippen LogP contribution < -0.4 is 4.74 Å². The molecule has 1 fully saturated rings. The molecule has 6 heteroatoms. The molecule has 0 atom stereocenters. The number of carbonyl (C=O) groups excluding carboxylic acids is 1. The van der Waals surface area contributed by atoms with Crippen LogP contribution in [0.5, 0.6) is 5.75 Å². The van der Waals surface area contributed by atoms with Gasteiger partial charge in [0.15, 0.2) is 15.6 Å². The molecule has 1 aliphatic heterocycles. The average Bonchev–Trinajstić information content (AvgIpc) is 2.47. The number of methoxy groups -OCH3 is 1. The molecular formula is C15H20O5S. The predicted molar refractivity (Wildman–Crippen MR) is 79.5 cm³/mol. The molecule has 0 N–H and O–H groups in total. The van der Waals surface area contributed by atoms with Crippen molar-refractivity contribution in [2.75, 3.05) is 20.3 Å². The number of sulfone groups is 1. The third-order valence-corrected chi connectivity index (χ3v) is 5.92. The highest BCUT2D eigenvalue weighted by Crippen LogP contribution is 2.26. The fourth-order valence-electron chi connectivity index (χ4n) is 2.48. The highest BCUT2D eigenvalue weighted by Gasteiger charge is 2.28. The molecule has 1 heterocycles. The number of rotatable bonds is 5. The summed E-state index contributed by atoms with van der Waals surface area (Å²) in [6.45, 7) is 2.42. The Balaban J connectivity index is 2.28.